The number of hydrogen-bond donors (Lipinski definition) is 2. The molecule has 0 saturated carbocycles. The van der Waals surface area contributed by atoms with E-state index in [2.05, 4.69) is 22.6 Å². The molecule has 2 saturated heterocycles. The summed E-state index contributed by atoms with van der Waals surface area (Å²) in [6.45, 7) is 2.08. The minimum Gasteiger partial charge on any atom is -0.381 e. The first-order chi connectivity index (χ1) is 12.5. The van der Waals surface area contributed by atoms with Crippen LogP contribution in [0.2, 0.25) is 0 Å². The molecule has 2 amide bonds. The van der Waals surface area contributed by atoms with Crippen LogP contribution >= 0.6 is 0 Å². The predicted molar refractivity (Wildman–Crippen MR) is 98.9 cm³/mol. The highest BCUT2D eigenvalue weighted by Crippen LogP contribution is 2.24. The zero-order valence-electron chi connectivity index (χ0n) is 15.7. The second kappa shape index (κ2) is 8.68. The Bertz CT molecular complexity index is 624. The first kappa shape index (κ1) is 18.9. The highest BCUT2D eigenvalue weighted by Gasteiger charge is 2.32. The van der Waals surface area contributed by atoms with E-state index in [0.29, 0.717) is 18.7 Å². The molecule has 0 spiro atoms. The van der Waals surface area contributed by atoms with Crippen molar-refractivity contribution in [1.82, 2.24) is 20.1 Å². The summed E-state index contributed by atoms with van der Waals surface area (Å²) < 4.78 is 7.15. The fourth-order valence-corrected chi connectivity index (χ4v) is 3.92. The Kier molecular flexibility index (Phi) is 6.32. The Morgan fingerprint density at radius 2 is 1.88 bits per heavy atom. The fourth-order valence-electron chi connectivity index (χ4n) is 3.92. The summed E-state index contributed by atoms with van der Waals surface area (Å²) in [4.78, 5) is 26.8. The van der Waals surface area contributed by atoms with Crippen molar-refractivity contribution in [2.75, 3.05) is 26.8 Å². The van der Waals surface area contributed by atoms with Gasteiger partial charge in [-0.25, -0.2) is 0 Å². The Balaban J connectivity index is 1.42. The van der Waals surface area contributed by atoms with Crippen molar-refractivity contribution in [2.24, 2.45) is 7.05 Å². The van der Waals surface area contributed by atoms with Gasteiger partial charge in [0.15, 0.2) is 0 Å². The molecule has 2 fully saturated rings. The Morgan fingerprint density at radius 1 is 1.15 bits per heavy atom. The molecule has 26 heavy (non-hydrogen) atoms. The average molecular weight is 362 g/mol. The molecule has 0 bridgehead atoms. The molecular weight excluding hydrogens is 332 g/mol. The Hall–Kier alpha value is -1.86. The predicted octanol–water partition coefficient (Wildman–Crippen LogP) is 0.903. The number of aryl methyl sites for hydroxylation is 1. The quantitative estimate of drug-likeness (QED) is 0.789. The van der Waals surface area contributed by atoms with Gasteiger partial charge in [0.2, 0.25) is 5.91 Å². The number of aromatic nitrogens is 1. The maximum Gasteiger partial charge on any atom is 0.267 e. The van der Waals surface area contributed by atoms with E-state index in [9.17, 15) is 9.59 Å². The summed E-state index contributed by atoms with van der Waals surface area (Å²) in [6.07, 6.45) is 6.18. The van der Waals surface area contributed by atoms with E-state index < -0.39 is 0 Å². The molecule has 7 heteroatoms. The van der Waals surface area contributed by atoms with E-state index in [1.165, 1.54) is 0 Å². The van der Waals surface area contributed by atoms with Gasteiger partial charge in [-0.3, -0.25) is 14.5 Å². The second-order valence-corrected chi connectivity index (χ2v) is 7.42. The lowest BCUT2D eigenvalue weighted by Gasteiger charge is -2.27. The van der Waals surface area contributed by atoms with Crippen molar-refractivity contribution in [1.29, 1.82) is 0 Å². The topological polar surface area (TPSA) is 75.6 Å². The summed E-state index contributed by atoms with van der Waals surface area (Å²) in [6, 6.07) is 4.45. The third-order valence-corrected chi connectivity index (χ3v) is 5.67. The summed E-state index contributed by atoms with van der Waals surface area (Å²) in [5, 5.41) is 6.16. The van der Waals surface area contributed by atoms with E-state index >= 15 is 0 Å². The van der Waals surface area contributed by atoms with Crippen LogP contribution < -0.4 is 10.6 Å². The summed E-state index contributed by atoms with van der Waals surface area (Å²) in [5.41, 5.74) is 0.665. The van der Waals surface area contributed by atoms with Gasteiger partial charge in [-0.1, -0.05) is 0 Å². The lowest BCUT2D eigenvalue weighted by atomic mass is 10.1. The van der Waals surface area contributed by atoms with Crippen LogP contribution in [-0.4, -0.2) is 66.2 Å². The molecule has 3 heterocycles. The Morgan fingerprint density at radius 3 is 2.58 bits per heavy atom. The highest BCUT2D eigenvalue weighted by molar-refractivity contribution is 5.92. The monoisotopic (exact) mass is 362 g/mol. The number of nitrogens with one attached hydrogen (secondary N) is 2. The van der Waals surface area contributed by atoms with E-state index in [1.54, 1.807) is 0 Å². The molecule has 0 aromatic carbocycles. The molecule has 3 rings (SSSR count). The maximum atomic E-state index is 12.3. The molecule has 1 aromatic rings. The Labute approximate surface area is 155 Å². The summed E-state index contributed by atoms with van der Waals surface area (Å²) >= 11 is 0. The van der Waals surface area contributed by atoms with Gasteiger partial charge in [-0.05, 0) is 44.9 Å². The largest absolute Gasteiger partial charge is 0.381 e. The van der Waals surface area contributed by atoms with Gasteiger partial charge in [0.1, 0.15) is 5.69 Å². The normalized spacial score (nSPS) is 24.5. The molecule has 2 aliphatic rings. The number of ether oxygens (including phenoxy) is 1. The number of carbonyl (C=O) groups excluding carboxylic acids is 2. The SMILES string of the molecule is CN1[C@@H](CC(=O)NC2CCOCC2)CC[C@H]1CNC(=O)c1cccn1C. The van der Waals surface area contributed by atoms with Crippen LogP contribution in [0.5, 0.6) is 0 Å². The zero-order chi connectivity index (χ0) is 18.5. The first-order valence-corrected chi connectivity index (χ1v) is 9.53. The lowest BCUT2D eigenvalue weighted by molar-refractivity contribution is -0.123. The smallest absolute Gasteiger partial charge is 0.267 e. The molecule has 1 aromatic heterocycles. The highest BCUT2D eigenvalue weighted by atomic mass is 16.5. The minimum absolute atomic E-state index is 0.0494. The van der Waals surface area contributed by atoms with Gasteiger partial charge >= 0.3 is 0 Å². The van der Waals surface area contributed by atoms with E-state index in [4.69, 9.17) is 4.74 Å². The molecule has 144 valence electrons. The average Bonchev–Trinajstić information content (AvgIpc) is 3.20. The van der Waals surface area contributed by atoms with E-state index in [-0.39, 0.29) is 29.9 Å². The maximum absolute atomic E-state index is 12.3. The molecule has 7 nitrogen and oxygen atoms in total. The molecule has 2 N–H and O–H groups in total. The van der Waals surface area contributed by atoms with E-state index in [0.717, 1.165) is 38.9 Å². The van der Waals surface area contributed by atoms with Crippen LogP contribution in [0.25, 0.3) is 0 Å². The van der Waals surface area contributed by atoms with Crippen LogP contribution in [0.15, 0.2) is 18.3 Å². The first-order valence-electron chi connectivity index (χ1n) is 9.53. The second-order valence-electron chi connectivity index (χ2n) is 7.42. The number of carbonyl (C=O) groups is 2. The van der Waals surface area contributed by atoms with Crippen LogP contribution in [0.4, 0.5) is 0 Å². The number of amides is 2. The number of rotatable bonds is 6. The number of likely N-dealkylation sites (tertiary alicyclic amines) is 1. The van der Waals surface area contributed by atoms with Gasteiger partial charge in [0.05, 0.1) is 0 Å². The minimum atomic E-state index is -0.0494. The van der Waals surface area contributed by atoms with Gasteiger partial charge in [-0.2, -0.15) is 0 Å². The third-order valence-electron chi connectivity index (χ3n) is 5.67. The summed E-state index contributed by atoms with van der Waals surface area (Å²) in [5.74, 6) is 0.0776. The molecule has 0 radical (unpaired) electrons. The van der Waals surface area contributed by atoms with Gasteiger partial charge < -0.3 is 19.9 Å². The van der Waals surface area contributed by atoms with Gasteiger partial charge in [0.25, 0.3) is 5.91 Å². The van der Waals surface area contributed by atoms with Crippen LogP contribution in [0.3, 0.4) is 0 Å². The number of hydrogen-bond acceptors (Lipinski definition) is 4. The number of nitrogens with zero attached hydrogens (tertiary/aromatic N) is 2. The van der Waals surface area contributed by atoms with Crippen LogP contribution in [0.1, 0.15) is 42.6 Å². The fraction of sp³-hybridized carbons (Fsp3) is 0.684. The zero-order valence-corrected chi connectivity index (χ0v) is 15.7. The molecule has 2 atom stereocenters. The van der Waals surface area contributed by atoms with Gasteiger partial charge in [0, 0.05) is 57.5 Å². The molecule has 2 aliphatic heterocycles. The van der Waals surface area contributed by atoms with Crippen LogP contribution in [-0.2, 0) is 16.6 Å². The third kappa shape index (κ3) is 4.65. The molecule has 0 aliphatic carbocycles. The van der Waals surface area contributed by atoms with Crippen molar-refractivity contribution < 1.29 is 14.3 Å². The van der Waals surface area contributed by atoms with E-state index in [1.807, 2.05) is 29.9 Å². The van der Waals surface area contributed by atoms with Crippen molar-refractivity contribution in [2.45, 2.75) is 50.2 Å². The lowest BCUT2D eigenvalue weighted by Crippen LogP contribution is -2.44. The van der Waals surface area contributed by atoms with Crippen molar-refractivity contribution in [3.05, 3.63) is 24.0 Å². The van der Waals surface area contributed by atoms with Gasteiger partial charge in [-0.15, -0.1) is 0 Å². The summed E-state index contributed by atoms with van der Waals surface area (Å²) in [7, 11) is 3.92. The standard InChI is InChI=1S/C19H30N4O3/c1-22-9-3-4-17(22)19(25)20-13-16-6-5-15(23(16)2)12-18(24)21-14-7-10-26-11-8-14/h3-4,9,14-16H,5-8,10-13H2,1-2H3,(H,20,25)(H,21,24)/t15-,16+/m1/s1. The van der Waals surface area contributed by atoms with Crippen molar-refractivity contribution >= 4 is 11.8 Å². The van der Waals surface area contributed by atoms with Crippen molar-refractivity contribution in [3.63, 3.8) is 0 Å². The number of likely N-dealkylation sites (N-methyl/N-ethyl adjacent to an activating group) is 1. The van der Waals surface area contributed by atoms with Crippen LogP contribution in [0, 0.1) is 0 Å². The van der Waals surface area contributed by atoms with Crippen molar-refractivity contribution in [3.8, 4) is 0 Å². The molecule has 0 unspecified atom stereocenters. The molecular formula is C19H30N4O3.